The van der Waals surface area contributed by atoms with E-state index >= 15 is 0 Å². The topological polar surface area (TPSA) is 63.2 Å². The highest BCUT2D eigenvalue weighted by Gasteiger charge is 2.00. The number of pyridine rings is 1. The van der Waals surface area contributed by atoms with Crippen molar-refractivity contribution in [2.24, 2.45) is 0 Å². The van der Waals surface area contributed by atoms with Crippen molar-refractivity contribution < 1.29 is 4.74 Å². The monoisotopic (exact) mass is 321 g/mol. The van der Waals surface area contributed by atoms with Crippen LogP contribution in [0.2, 0.25) is 0 Å². The van der Waals surface area contributed by atoms with Crippen molar-refractivity contribution in [2.75, 3.05) is 24.3 Å². The van der Waals surface area contributed by atoms with Crippen LogP contribution in [0, 0.1) is 0 Å². The first-order valence-corrected chi connectivity index (χ1v) is 7.61. The maximum Gasteiger partial charge on any atom is 0.237 e. The van der Waals surface area contributed by atoms with Gasteiger partial charge in [-0.25, -0.2) is 9.97 Å². The highest BCUT2D eigenvalue weighted by molar-refractivity contribution is 5.48. The second kappa shape index (κ2) is 7.41. The number of aromatic nitrogens is 3. The fourth-order valence-corrected chi connectivity index (χ4v) is 2.09. The lowest BCUT2D eigenvalue weighted by molar-refractivity contribution is 0.460. The maximum atomic E-state index is 5.62. The molecule has 0 atom stereocenters. The summed E-state index contributed by atoms with van der Waals surface area (Å²) in [5, 5.41) is 3.35. The lowest BCUT2D eigenvalue weighted by Gasteiger charge is -2.12. The van der Waals surface area contributed by atoms with Crippen LogP contribution in [-0.2, 0) is 6.54 Å². The Morgan fingerprint density at radius 1 is 0.958 bits per heavy atom. The van der Waals surface area contributed by atoms with Crippen LogP contribution in [-0.4, -0.2) is 29.0 Å². The minimum absolute atomic E-state index is 0.482. The van der Waals surface area contributed by atoms with Gasteiger partial charge in [0.2, 0.25) is 5.88 Å². The first-order chi connectivity index (χ1) is 11.7. The zero-order valence-corrected chi connectivity index (χ0v) is 13.7. The fraction of sp³-hybridized carbons (Fsp3) is 0.167. The summed E-state index contributed by atoms with van der Waals surface area (Å²) >= 11 is 0. The van der Waals surface area contributed by atoms with E-state index in [-0.39, 0.29) is 0 Å². The van der Waals surface area contributed by atoms with Gasteiger partial charge in [0.15, 0.2) is 0 Å². The van der Waals surface area contributed by atoms with E-state index in [9.17, 15) is 0 Å². The Morgan fingerprint density at radius 3 is 2.42 bits per heavy atom. The Balaban J connectivity index is 1.56. The zero-order valence-electron chi connectivity index (χ0n) is 13.7. The highest BCUT2D eigenvalue weighted by atomic mass is 16.5. The molecule has 0 saturated heterocycles. The molecule has 122 valence electrons. The Kier molecular flexibility index (Phi) is 4.86. The Morgan fingerprint density at radius 2 is 1.79 bits per heavy atom. The number of benzene rings is 1. The Bertz CT molecular complexity index is 758. The molecule has 24 heavy (non-hydrogen) atoms. The van der Waals surface area contributed by atoms with Crippen LogP contribution < -0.4 is 15.0 Å². The van der Waals surface area contributed by atoms with E-state index < -0.39 is 0 Å². The van der Waals surface area contributed by atoms with Gasteiger partial charge < -0.3 is 15.0 Å². The van der Waals surface area contributed by atoms with Crippen LogP contribution in [0.25, 0.3) is 0 Å². The SMILES string of the molecule is CN(C)c1ccc(NCc2ccc(Oc3cnccn3)cc2)cn1. The number of hydrogen-bond donors (Lipinski definition) is 1. The highest BCUT2D eigenvalue weighted by Crippen LogP contribution is 2.19. The van der Waals surface area contributed by atoms with Gasteiger partial charge in [-0.3, -0.25) is 4.98 Å². The van der Waals surface area contributed by atoms with E-state index in [2.05, 4.69) is 20.3 Å². The molecular weight excluding hydrogens is 302 g/mol. The van der Waals surface area contributed by atoms with E-state index in [0.717, 1.165) is 22.8 Å². The molecule has 1 N–H and O–H groups in total. The minimum atomic E-state index is 0.482. The van der Waals surface area contributed by atoms with Gasteiger partial charge in [0.05, 0.1) is 18.1 Å². The fourth-order valence-electron chi connectivity index (χ4n) is 2.09. The third-order valence-corrected chi connectivity index (χ3v) is 3.39. The molecule has 3 aromatic rings. The van der Waals surface area contributed by atoms with Crippen LogP contribution >= 0.6 is 0 Å². The number of rotatable bonds is 6. The summed E-state index contributed by atoms with van der Waals surface area (Å²) in [6.07, 6.45) is 6.63. The number of hydrogen-bond acceptors (Lipinski definition) is 6. The molecule has 2 aromatic heterocycles. The van der Waals surface area contributed by atoms with E-state index in [1.807, 2.05) is 61.6 Å². The summed E-state index contributed by atoms with van der Waals surface area (Å²) in [5.74, 6) is 2.15. The lowest BCUT2D eigenvalue weighted by Crippen LogP contribution is -2.10. The largest absolute Gasteiger partial charge is 0.438 e. The van der Waals surface area contributed by atoms with Gasteiger partial charge in [0.1, 0.15) is 11.6 Å². The molecule has 0 aliphatic carbocycles. The molecule has 0 spiro atoms. The molecule has 0 amide bonds. The van der Waals surface area contributed by atoms with Crippen molar-refractivity contribution in [3.8, 4) is 11.6 Å². The maximum absolute atomic E-state index is 5.62. The second-order valence-corrected chi connectivity index (χ2v) is 5.44. The summed E-state index contributed by atoms with van der Waals surface area (Å²) in [6.45, 7) is 0.717. The quantitative estimate of drug-likeness (QED) is 0.751. The molecule has 6 heteroatoms. The van der Waals surface area contributed by atoms with E-state index in [0.29, 0.717) is 12.4 Å². The molecule has 1 aromatic carbocycles. The molecule has 6 nitrogen and oxygen atoms in total. The van der Waals surface area contributed by atoms with E-state index in [1.54, 1.807) is 18.6 Å². The molecule has 0 saturated carbocycles. The van der Waals surface area contributed by atoms with Crippen LogP contribution in [0.3, 0.4) is 0 Å². The van der Waals surface area contributed by atoms with Crippen molar-refractivity contribution in [3.63, 3.8) is 0 Å². The van der Waals surface area contributed by atoms with Gasteiger partial charge in [0, 0.05) is 33.0 Å². The van der Waals surface area contributed by atoms with Gasteiger partial charge in [-0.1, -0.05) is 12.1 Å². The normalized spacial score (nSPS) is 10.2. The summed E-state index contributed by atoms with van der Waals surface area (Å²) < 4.78 is 5.62. The molecule has 0 aliphatic rings. The standard InChI is InChI=1S/C18H19N5O/c1-23(2)17-8-5-15(12-22-17)21-11-14-3-6-16(7-4-14)24-18-13-19-9-10-20-18/h3-10,12-13,21H,11H2,1-2H3. The lowest BCUT2D eigenvalue weighted by atomic mass is 10.2. The Labute approximate surface area is 141 Å². The van der Waals surface area contributed by atoms with Crippen molar-refractivity contribution >= 4 is 11.5 Å². The van der Waals surface area contributed by atoms with Crippen LogP contribution in [0.5, 0.6) is 11.6 Å². The number of ether oxygens (including phenoxy) is 1. The summed E-state index contributed by atoms with van der Waals surface area (Å²) in [4.78, 5) is 14.4. The molecule has 0 fully saturated rings. The number of nitrogens with zero attached hydrogens (tertiary/aromatic N) is 4. The van der Waals surface area contributed by atoms with Gasteiger partial charge in [-0.2, -0.15) is 0 Å². The van der Waals surface area contributed by atoms with Crippen molar-refractivity contribution in [2.45, 2.75) is 6.54 Å². The smallest absolute Gasteiger partial charge is 0.237 e. The molecule has 2 heterocycles. The summed E-state index contributed by atoms with van der Waals surface area (Å²) in [5.41, 5.74) is 2.14. The van der Waals surface area contributed by atoms with Crippen molar-refractivity contribution in [1.29, 1.82) is 0 Å². The predicted molar refractivity (Wildman–Crippen MR) is 94.4 cm³/mol. The van der Waals surface area contributed by atoms with Crippen molar-refractivity contribution in [1.82, 2.24) is 15.0 Å². The molecule has 0 bridgehead atoms. The van der Waals surface area contributed by atoms with E-state index in [4.69, 9.17) is 4.74 Å². The number of nitrogens with one attached hydrogen (secondary N) is 1. The van der Waals surface area contributed by atoms with Gasteiger partial charge in [-0.15, -0.1) is 0 Å². The van der Waals surface area contributed by atoms with Crippen LogP contribution in [0.15, 0.2) is 61.2 Å². The van der Waals surface area contributed by atoms with Crippen molar-refractivity contribution in [3.05, 3.63) is 66.7 Å². The average Bonchev–Trinajstić information content (AvgIpc) is 2.62. The van der Waals surface area contributed by atoms with Gasteiger partial charge in [0.25, 0.3) is 0 Å². The molecule has 0 radical (unpaired) electrons. The second-order valence-electron chi connectivity index (χ2n) is 5.44. The predicted octanol–water partition coefficient (Wildman–Crippen LogP) is 3.34. The van der Waals surface area contributed by atoms with Gasteiger partial charge in [-0.05, 0) is 29.8 Å². The number of anilines is 2. The third kappa shape index (κ3) is 4.19. The minimum Gasteiger partial charge on any atom is -0.438 e. The average molecular weight is 321 g/mol. The zero-order chi connectivity index (χ0) is 16.8. The van der Waals surface area contributed by atoms with Gasteiger partial charge >= 0.3 is 0 Å². The molecular formula is C18H19N5O. The van der Waals surface area contributed by atoms with Crippen LogP contribution in [0.4, 0.5) is 11.5 Å². The van der Waals surface area contributed by atoms with Crippen LogP contribution in [0.1, 0.15) is 5.56 Å². The van der Waals surface area contributed by atoms with E-state index in [1.165, 1.54) is 0 Å². The third-order valence-electron chi connectivity index (χ3n) is 3.39. The molecule has 3 rings (SSSR count). The molecule has 0 unspecified atom stereocenters. The summed E-state index contributed by atoms with van der Waals surface area (Å²) in [6, 6.07) is 11.9. The first-order valence-electron chi connectivity index (χ1n) is 7.61. The molecule has 0 aliphatic heterocycles. The summed E-state index contributed by atoms with van der Waals surface area (Å²) in [7, 11) is 3.94. The first kappa shape index (κ1) is 15.7. The Hall–Kier alpha value is -3.15.